The standard InChI is InChI=1S/C11H22N2S/c1-9(7-12-11-3-4-11)13-5-6-14-8-10(13)2/h9-12H,3-8H2,1-2H3. The molecule has 14 heavy (non-hydrogen) atoms. The maximum Gasteiger partial charge on any atom is 0.0195 e. The van der Waals surface area contributed by atoms with Gasteiger partial charge in [-0.3, -0.25) is 4.90 Å². The van der Waals surface area contributed by atoms with Crippen molar-refractivity contribution >= 4 is 11.8 Å². The molecule has 0 radical (unpaired) electrons. The highest BCUT2D eigenvalue weighted by Gasteiger charge is 2.26. The number of hydrogen-bond acceptors (Lipinski definition) is 3. The van der Waals surface area contributed by atoms with E-state index in [1.807, 2.05) is 0 Å². The highest BCUT2D eigenvalue weighted by atomic mass is 32.2. The average molecular weight is 214 g/mol. The number of thioether (sulfide) groups is 1. The van der Waals surface area contributed by atoms with E-state index < -0.39 is 0 Å². The maximum atomic E-state index is 3.63. The fourth-order valence-electron chi connectivity index (χ4n) is 2.14. The van der Waals surface area contributed by atoms with E-state index in [2.05, 4.69) is 35.8 Å². The third kappa shape index (κ3) is 2.88. The van der Waals surface area contributed by atoms with Gasteiger partial charge in [0.25, 0.3) is 0 Å². The van der Waals surface area contributed by atoms with Gasteiger partial charge < -0.3 is 5.32 Å². The first kappa shape index (κ1) is 10.8. The Morgan fingerprint density at radius 3 is 2.93 bits per heavy atom. The quantitative estimate of drug-likeness (QED) is 0.764. The Hall–Kier alpha value is 0.270. The minimum Gasteiger partial charge on any atom is -0.312 e. The zero-order valence-corrected chi connectivity index (χ0v) is 10.1. The van der Waals surface area contributed by atoms with E-state index in [1.165, 1.54) is 37.4 Å². The summed E-state index contributed by atoms with van der Waals surface area (Å²) in [6, 6.07) is 2.34. The van der Waals surface area contributed by atoms with Crippen molar-refractivity contribution in [1.82, 2.24) is 10.2 Å². The van der Waals surface area contributed by atoms with Gasteiger partial charge in [0.2, 0.25) is 0 Å². The molecule has 2 atom stereocenters. The van der Waals surface area contributed by atoms with Crippen molar-refractivity contribution in [2.24, 2.45) is 0 Å². The van der Waals surface area contributed by atoms with Gasteiger partial charge in [0.1, 0.15) is 0 Å². The summed E-state index contributed by atoms with van der Waals surface area (Å²) < 4.78 is 0. The van der Waals surface area contributed by atoms with Crippen LogP contribution in [0.25, 0.3) is 0 Å². The molecular formula is C11H22N2S. The fraction of sp³-hybridized carbons (Fsp3) is 1.00. The Balaban J connectivity index is 1.73. The number of hydrogen-bond donors (Lipinski definition) is 1. The Morgan fingerprint density at radius 1 is 1.50 bits per heavy atom. The molecule has 82 valence electrons. The first-order chi connectivity index (χ1) is 6.77. The molecule has 1 heterocycles. The van der Waals surface area contributed by atoms with Crippen LogP contribution in [0.5, 0.6) is 0 Å². The van der Waals surface area contributed by atoms with Crippen LogP contribution in [0.1, 0.15) is 26.7 Å². The van der Waals surface area contributed by atoms with Gasteiger partial charge in [-0.1, -0.05) is 0 Å². The van der Waals surface area contributed by atoms with Crippen LogP contribution >= 0.6 is 11.8 Å². The van der Waals surface area contributed by atoms with Crippen LogP contribution in [-0.2, 0) is 0 Å². The molecular weight excluding hydrogens is 192 g/mol. The normalized spacial score (nSPS) is 31.7. The molecule has 2 nitrogen and oxygen atoms in total. The lowest BCUT2D eigenvalue weighted by Gasteiger charge is -2.37. The summed E-state index contributed by atoms with van der Waals surface area (Å²) in [6.07, 6.45) is 2.80. The van der Waals surface area contributed by atoms with Gasteiger partial charge in [0.15, 0.2) is 0 Å². The third-order valence-corrected chi connectivity index (χ3v) is 4.45. The van der Waals surface area contributed by atoms with Crippen LogP contribution in [0, 0.1) is 0 Å². The summed E-state index contributed by atoms with van der Waals surface area (Å²) >= 11 is 2.10. The second-order valence-corrected chi connectivity index (χ2v) is 5.84. The smallest absolute Gasteiger partial charge is 0.0195 e. The summed E-state index contributed by atoms with van der Waals surface area (Å²) in [6.45, 7) is 7.18. The van der Waals surface area contributed by atoms with Crippen molar-refractivity contribution < 1.29 is 0 Å². The van der Waals surface area contributed by atoms with Gasteiger partial charge in [0, 0.05) is 42.7 Å². The minimum atomic E-state index is 0.714. The van der Waals surface area contributed by atoms with E-state index in [0.29, 0.717) is 6.04 Å². The lowest BCUT2D eigenvalue weighted by atomic mass is 10.2. The van der Waals surface area contributed by atoms with Crippen LogP contribution in [0.3, 0.4) is 0 Å². The molecule has 0 amide bonds. The number of nitrogens with one attached hydrogen (secondary N) is 1. The Morgan fingerprint density at radius 2 is 2.29 bits per heavy atom. The largest absolute Gasteiger partial charge is 0.312 e. The molecule has 0 aromatic carbocycles. The molecule has 0 aromatic heterocycles. The molecule has 0 bridgehead atoms. The van der Waals surface area contributed by atoms with Crippen molar-refractivity contribution in [2.45, 2.75) is 44.8 Å². The van der Waals surface area contributed by atoms with Crippen molar-refractivity contribution in [1.29, 1.82) is 0 Å². The van der Waals surface area contributed by atoms with Crippen LogP contribution in [0.4, 0.5) is 0 Å². The lowest BCUT2D eigenvalue weighted by Crippen LogP contribution is -2.49. The van der Waals surface area contributed by atoms with Crippen LogP contribution in [-0.4, -0.2) is 47.6 Å². The summed E-state index contributed by atoms with van der Waals surface area (Å²) in [4.78, 5) is 2.66. The second-order valence-electron chi connectivity index (χ2n) is 4.69. The van der Waals surface area contributed by atoms with Crippen LogP contribution < -0.4 is 5.32 Å². The van der Waals surface area contributed by atoms with Crippen molar-refractivity contribution in [3.63, 3.8) is 0 Å². The lowest BCUT2D eigenvalue weighted by molar-refractivity contribution is 0.169. The van der Waals surface area contributed by atoms with Gasteiger partial charge in [-0.15, -0.1) is 0 Å². The molecule has 2 aliphatic rings. The van der Waals surface area contributed by atoms with Gasteiger partial charge in [-0.25, -0.2) is 0 Å². The van der Waals surface area contributed by atoms with Gasteiger partial charge in [-0.2, -0.15) is 11.8 Å². The number of nitrogens with zero attached hydrogens (tertiary/aromatic N) is 1. The maximum absolute atomic E-state index is 3.63. The summed E-state index contributed by atoms with van der Waals surface area (Å²) in [5.41, 5.74) is 0. The van der Waals surface area contributed by atoms with E-state index in [1.54, 1.807) is 0 Å². The predicted octanol–water partition coefficient (Wildman–Crippen LogP) is 1.56. The van der Waals surface area contributed by atoms with Crippen LogP contribution in [0.2, 0.25) is 0 Å². The molecule has 1 saturated heterocycles. The van der Waals surface area contributed by atoms with E-state index in [4.69, 9.17) is 0 Å². The molecule has 1 saturated carbocycles. The summed E-state index contributed by atoms with van der Waals surface area (Å²) in [5, 5.41) is 3.63. The molecule has 0 spiro atoms. The Labute approximate surface area is 91.8 Å². The van der Waals surface area contributed by atoms with Crippen LogP contribution in [0.15, 0.2) is 0 Å². The van der Waals surface area contributed by atoms with E-state index >= 15 is 0 Å². The molecule has 2 unspecified atom stereocenters. The summed E-state index contributed by atoms with van der Waals surface area (Å²) in [7, 11) is 0. The molecule has 2 rings (SSSR count). The van der Waals surface area contributed by atoms with Gasteiger partial charge in [0.05, 0.1) is 0 Å². The van der Waals surface area contributed by atoms with Crippen molar-refractivity contribution in [2.75, 3.05) is 24.6 Å². The zero-order valence-electron chi connectivity index (χ0n) is 9.33. The third-order valence-electron chi connectivity index (χ3n) is 3.26. The first-order valence-corrected chi connectivity index (χ1v) is 6.99. The molecule has 2 fully saturated rings. The SMILES string of the molecule is CC(CNC1CC1)N1CCSCC1C. The topological polar surface area (TPSA) is 15.3 Å². The highest BCUT2D eigenvalue weighted by Crippen LogP contribution is 2.21. The Bertz CT molecular complexity index is 182. The number of rotatable bonds is 4. The molecule has 1 N–H and O–H groups in total. The first-order valence-electron chi connectivity index (χ1n) is 5.84. The summed E-state index contributed by atoms with van der Waals surface area (Å²) in [5.74, 6) is 2.63. The molecule has 0 aromatic rings. The minimum absolute atomic E-state index is 0.714. The van der Waals surface area contributed by atoms with Crippen molar-refractivity contribution in [3.05, 3.63) is 0 Å². The second kappa shape index (κ2) is 4.86. The average Bonchev–Trinajstić information content (AvgIpc) is 2.98. The molecule has 1 aliphatic carbocycles. The zero-order chi connectivity index (χ0) is 9.97. The monoisotopic (exact) mass is 214 g/mol. The van der Waals surface area contributed by atoms with E-state index in [9.17, 15) is 0 Å². The predicted molar refractivity (Wildman–Crippen MR) is 64.0 cm³/mol. The van der Waals surface area contributed by atoms with Gasteiger partial charge >= 0.3 is 0 Å². The van der Waals surface area contributed by atoms with Gasteiger partial charge in [-0.05, 0) is 26.7 Å². The fourth-order valence-corrected chi connectivity index (χ4v) is 3.18. The van der Waals surface area contributed by atoms with Crippen molar-refractivity contribution in [3.8, 4) is 0 Å². The van der Waals surface area contributed by atoms with E-state index in [-0.39, 0.29) is 0 Å². The molecule has 3 heteroatoms. The Kier molecular flexibility index (Phi) is 3.74. The van der Waals surface area contributed by atoms with E-state index in [0.717, 1.165) is 12.1 Å². The molecule has 1 aliphatic heterocycles. The highest BCUT2D eigenvalue weighted by molar-refractivity contribution is 7.99.